The molecule has 0 fully saturated rings. The molecule has 0 unspecified atom stereocenters. The first-order chi connectivity index (χ1) is 11.7. The molecule has 0 radical (unpaired) electrons. The number of carbonyl (C=O) groups is 1. The molecule has 2 atom stereocenters. The van der Waals surface area contributed by atoms with Gasteiger partial charge in [0.1, 0.15) is 5.75 Å². The number of aryl methyl sites for hydroxylation is 1. The summed E-state index contributed by atoms with van der Waals surface area (Å²) in [5.74, 6) is 0.924. The molecule has 126 valence electrons. The monoisotopic (exact) mass is 341 g/mol. The molecule has 3 nitrogen and oxygen atoms in total. The molecule has 2 aromatic rings. The van der Waals surface area contributed by atoms with Crippen LogP contribution in [0.25, 0.3) is 0 Å². The van der Waals surface area contributed by atoms with Gasteiger partial charge in [0, 0.05) is 4.90 Å². The molecule has 4 heteroatoms. The van der Waals surface area contributed by atoms with Crippen molar-refractivity contribution >= 4 is 17.7 Å². The molecule has 0 saturated heterocycles. The lowest BCUT2D eigenvalue weighted by molar-refractivity contribution is -0.121. The number of nitrogens with one attached hydrogen (secondary N) is 1. The average molecular weight is 341 g/mol. The standard InChI is InChI=1S/C20H23NO2S/c1-14(24-17-12-10-16(23-2)11-13-17)20(22)21-19-9-5-7-15-6-3-4-8-18(15)19/h3-4,6,8,10-14,19H,5,7,9H2,1-2H3,(H,21,22)/t14-,19+/m1/s1. The van der Waals surface area contributed by atoms with Crippen LogP contribution in [0.4, 0.5) is 0 Å². The zero-order valence-electron chi connectivity index (χ0n) is 14.1. The van der Waals surface area contributed by atoms with Gasteiger partial charge in [-0.3, -0.25) is 4.79 Å². The van der Waals surface area contributed by atoms with Gasteiger partial charge in [0.05, 0.1) is 18.4 Å². The van der Waals surface area contributed by atoms with E-state index in [0.29, 0.717) is 0 Å². The van der Waals surface area contributed by atoms with Crippen LogP contribution in [0.1, 0.15) is 36.9 Å². The third kappa shape index (κ3) is 3.93. The Hall–Kier alpha value is -1.94. The molecule has 0 bridgehead atoms. The summed E-state index contributed by atoms with van der Waals surface area (Å²) in [5.41, 5.74) is 2.64. The Morgan fingerprint density at radius 2 is 1.96 bits per heavy atom. The number of methoxy groups -OCH3 is 1. The Labute approximate surface area is 147 Å². The summed E-state index contributed by atoms with van der Waals surface area (Å²) in [5, 5.41) is 3.10. The van der Waals surface area contributed by atoms with E-state index in [1.807, 2.05) is 31.2 Å². The van der Waals surface area contributed by atoms with Crippen molar-refractivity contribution in [2.75, 3.05) is 7.11 Å². The molecule has 1 N–H and O–H groups in total. The van der Waals surface area contributed by atoms with E-state index in [1.165, 1.54) is 11.1 Å². The number of hydrogen-bond acceptors (Lipinski definition) is 3. The first-order valence-electron chi connectivity index (χ1n) is 8.36. The molecule has 24 heavy (non-hydrogen) atoms. The summed E-state index contributed by atoms with van der Waals surface area (Å²) in [6.07, 6.45) is 3.25. The topological polar surface area (TPSA) is 38.3 Å². The molecule has 0 aromatic heterocycles. The number of rotatable bonds is 5. The number of thioether (sulfide) groups is 1. The quantitative estimate of drug-likeness (QED) is 0.821. The lowest BCUT2D eigenvalue weighted by Crippen LogP contribution is -2.35. The highest BCUT2D eigenvalue weighted by atomic mass is 32.2. The van der Waals surface area contributed by atoms with Crippen LogP contribution >= 0.6 is 11.8 Å². The Balaban J connectivity index is 1.62. The second-order valence-corrected chi connectivity index (χ2v) is 7.50. The highest BCUT2D eigenvalue weighted by molar-refractivity contribution is 8.00. The highest BCUT2D eigenvalue weighted by Gasteiger charge is 2.23. The van der Waals surface area contributed by atoms with Gasteiger partial charge in [-0.15, -0.1) is 11.8 Å². The van der Waals surface area contributed by atoms with E-state index in [2.05, 4.69) is 29.6 Å². The lowest BCUT2D eigenvalue weighted by Gasteiger charge is -2.27. The molecule has 0 aliphatic heterocycles. The fraction of sp³-hybridized carbons (Fsp3) is 0.350. The lowest BCUT2D eigenvalue weighted by atomic mass is 9.88. The zero-order valence-corrected chi connectivity index (χ0v) is 14.9. The minimum Gasteiger partial charge on any atom is -0.497 e. The minimum absolute atomic E-state index is 0.0949. The third-order valence-corrected chi connectivity index (χ3v) is 5.54. The van der Waals surface area contributed by atoms with Gasteiger partial charge in [0.25, 0.3) is 0 Å². The van der Waals surface area contributed by atoms with Crippen molar-refractivity contribution in [3.8, 4) is 5.75 Å². The molecule has 1 amide bonds. The smallest absolute Gasteiger partial charge is 0.233 e. The number of hydrogen-bond donors (Lipinski definition) is 1. The SMILES string of the molecule is COc1ccc(S[C@H](C)C(=O)N[C@H]2CCCc3ccccc32)cc1. The molecule has 1 aliphatic carbocycles. The second-order valence-electron chi connectivity index (χ2n) is 6.09. The fourth-order valence-corrected chi connectivity index (χ4v) is 3.98. The zero-order chi connectivity index (χ0) is 16.9. The van der Waals surface area contributed by atoms with Gasteiger partial charge >= 0.3 is 0 Å². The Morgan fingerprint density at radius 3 is 2.71 bits per heavy atom. The van der Waals surface area contributed by atoms with Gasteiger partial charge in [-0.25, -0.2) is 0 Å². The van der Waals surface area contributed by atoms with Crippen LogP contribution in [-0.4, -0.2) is 18.3 Å². The van der Waals surface area contributed by atoms with Crippen molar-refractivity contribution in [2.45, 2.75) is 42.4 Å². The fourth-order valence-electron chi connectivity index (χ4n) is 3.10. The van der Waals surface area contributed by atoms with E-state index in [-0.39, 0.29) is 17.2 Å². The Kier molecular flexibility index (Phi) is 5.46. The van der Waals surface area contributed by atoms with Crippen LogP contribution in [0, 0.1) is 0 Å². The molecule has 3 rings (SSSR count). The van der Waals surface area contributed by atoms with Gasteiger partial charge in [-0.1, -0.05) is 24.3 Å². The number of amides is 1. The Morgan fingerprint density at radius 1 is 1.21 bits per heavy atom. The number of carbonyl (C=O) groups excluding carboxylic acids is 1. The summed E-state index contributed by atoms with van der Waals surface area (Å²) in [6.45, 7) is 1.96. The van der Waals surface area contributed by atoms with Crippen LogP contribution in [0.5, 0.6) is 5.75 Å². The van der Waals surface area contributed by atoms with Gasteiger partial charge in [0.15, 0.2) is 0 Å². The van der Waals surface area contributed by atoms with Crippen LogP contribution in [0.3, 0.4) is 0 Å². The maximum absolute atomic E-state index is 12.6. The number of benzene rings is 2. The van der Waals surface area contributed by atoms with E-state index in [1.54, 1.807) is 18.9 Å². The van der Waals surface area contributed by atoms with Crippen molar-refractivity contribution in [2.24, 2.45) is 0 Å². The van der Waals surface area contributed by atoms with Crippen LogP contribution in [0.15, 0.2) is 53.4 Å². The normalized spacial score (nSPS) is 17.7. The van der Waals surface area contributed by atoms with Gasteiger partial charge < -0.3 is 10.1 Å². The van der Waals surface area contributed by atoms with E-state index in [9.17, 15) is 4.79 Å². The summed E-state index contributed by atoms with van der Waals surface area (Å²) in [7, 11) is 1.65. The first-order valence-corrected chi connectivity index (χ1v) is 9.24. The van der Waals surface area contributed by atoms with Crippen molar-refractivity contribution in [3.05, 3.63) is 59.7 Å². The molecule has 1 aliphatic rings. The number of ether oxygens (including phenoxy) is 1. The van der Waals surface area contributed by atoms with E-state index < -0.39 is 0 Å². The minimum atomic E-state index is -0.132. The van der Waals surface area contributed by atoms with Gasteiger partial charge in [0.2, 0.25) is 5.91 Å². The summed E-state index contributed by atoms with van der Waals surface area (Å²) in [6, 6.07) is 16.4. The van der Waals surface area contributed by atoms with Gasteiger partial charge in [-0.05, 0) is 61.6 Å². The highest BCUT2D eigenvalue weighted by Crippen LogP contribution is 2.31. The van der Waals surface area contributed by atoms with Crippen molar-refractivity contribution in [3.63, 3.8) is 0 Å². The molecular formula is C20H23NO2S. The average Bonchev–Trinajstić information content (AvgIpc) is 2.62. The van der Waals surface area contributed by atoms with E-state index in [4.69, 9.17) is 4.74 Å². The van der Waals surface area contributed by atoms with Crippen molar-refractivity contribution in [1.82, 2.24) is 5.32 Å². The molecule has 0 heterocycles. The molecule has 0 spiro atoms. The van der Waals surface area contributed by atoms with Crippen molar-refractivity contribution < 1.29 is 9.53 Å². The first kappa shape index (κ1) is 16.9. The molecule has 2 aromatic carbocycles. The maximum Gasteiger partial charge on any atom is 0.233 e. The molecular weight excluding hydrogens is 318 g/mol. The predicted molar refractivity (Wildman–Crippen MR) is 98.6 cm³/mol. The molecule has 0 saturated carbocycles. The van der Waals surface area contributed by atoms with Crippen molar-refractivity contribution in [1.29, 1.82) is 0 Å². The summed E-state index contributed by atoms with van der Waals surface area (Å²) < 4.78 is 5.17. The second kappa shape index (κ2) is 7.75. The van der Waals surface area contributed by atoms with E-state index >= 15 is 0 Å². The summed E-state index contributed by atoms with van der Waals surface area (Å²) in [4.78, 5) is 13.7. The third-order valence-electron chi connectivity index (χ3n) is 4.43. The van der Waals surface area contributed by atoms with Crippen LogP contribution < -0.4 is 10.1 Å². The predicted octanol–water partition coefficient (Wildman–Crippen LogP) is 4.37. The number of fused-ring (bicyclic) bond motifs is 1. The largest absolute Gasteiger partial charge is 0.497 e. The van der Waals surface area contributed by atoms with Crippen LogP contribution in [-0.2, 0) is 11.2 Å². The summed E-state index contributed by atoms with van der Waals surface area (Å²) >= 11 is 1.57. The van der Waals surface area contributed by atoms with Gasteiger partial charge in [-0.2, -0.15) is 0 Å². The van der Waals surface area contributed by atoms with E-state index in [0.717, 1.165) is 29.9 Å². The Bertz CT molecular complexity index is 699. The van der Waals surface area contributed by atoms with Crippen LogP contribution in [0.2, 0.25) is 0 Å². The maximum atomic E-state index is 12.6.